The summed E-state index contributed by atoms with van der Waals surface area (Å²) in [4.78, 5) is 2.70. The van der Waals surface area contributed by atoms with Gasteiger partial charge >= 0.3 is 0 Å². The van der Waals surface area contributed by atoms with Crippen molar-refractivity contribution < 1.29 is 0 Å². The lowest BCUT2D eigenvalue weighted by Gasteiger charge is -2.42. The monoisotopic (exact) mass is 261 g/mol. The van der Waals surface area contributed by atoms with Crippen molar-refractivity contribution in [1.29, 1.82) is 5.26 Å². The molecular formula is C16H27N3. The number of piperidine rings is 1. The van der Waals surface area contributed by atoms with Crippen molar-refractivity contribution in [2.75, 3.05) is 6.54 Å². The maximum absolute atomic E-state index is 9.60. The van der Waals surface area contributed by atoms with Gasteiger partial charge in [-0.05, 0) is 64.3 Å². The Labute approximate surface area is 117 Å². The molecule has 2 aliphatic carbocycles. The molecule has 0 aromatic carbocycles. The Morgan fingerprint density at radius 2 is 2.00 bits per heavy atom. The fourth-order valence-electron chi connectivity index (χ4n) is 4.07. The van der Waals surface area contributed by atoms with Crippen LogP contribution in [-0.2, 0) is 0 Å². The van der Waals surface area contributed by atoms with Gasteiger partial charge in [-0.25, -0.2) is 0 Å². The van der Waals surface area contributed by atoms with Crippen LogP contribution in [-0.4, -0.2) is 35.1 Å². The van der Waals surface area contributed by atoms with Crippen LogP contribution in [0.15, 0.2) is 0 Å². The van der Waals surface area contributed by atoms with Crippen LogP contribution in [0.1, 0.15) is 58.8 Å². The van der Waals surface area contributed by atoms with E-state index in [2.05, 4.69) is 30.1 Å². The minimum Gasteiger partial charge on any atom is -0.297 e. The Hall–Kier alpha value is -0.590. The van der Waals surface area contributed by atoms with E-state index in [0.717, 1.165) is 18.8 Å². The zero-order valence-corrected chi connectivity index (χ0v) is 12.4. The molecule has 3 aliphatic rings. The van der Waals surface area contributed by atoms with E-state index >= 15 is 0 Å². The number of rotatable bonds is 3. The zero-order valence-electron chi connectivity index (χ0n) is 12.4. The summed E-state index contributed by atoms with van der Waals surface area (Å²) >= 11 is 0. The molecule has 106 valence electrons. The minimum absolute atomic E-state index is 0.216. The average molecular weight is 261 g/mol. The average Bonchev–Trinajstić information content (AvgIpc) is 3.11. The first-order valence-corrected chi connectivity index (χ1v) is 8.08. The molecular weight excluding hydrogens is 234 g/mol. The smallest absolute Gasteiger partial charge is 0.108 e. The third-order valence-electron chi connectivity index (χ3n) is 5.65. The molecule has 0 amide bonds. The van der Waals surface area contributed by atoms with E-state index < -0.39 is 0 Å². The second-order valence-electron chi connectivity index (χ2n) is 7.11. The van der Waals surface area contributed by atoms with Crippen LogP contribution < -0.4 is 5.32 Å². The van der Waals surface area contributed by atoms with Gasteiger partial charge in [0, 0.05) is 18.1 Å². The van der Waals surface area contributed by atoms with Gasteiger partial charge in [0.15, 0.2) is 0 Å². The normalized spacial score (nSPS) is 44.2. The highest BCUT2D eigenvalue weighted by molar-refractivity contribution is 5.15. The molecule has 0 spiro atoms. The van der Waals surface area contributed by atoms with E-state index in [1.165, 1.54) is 38.6 Å². The molecule has 3 heteroatoms. The lowest BCUT2D eigenvalue weighted by atomic mass is 9.90. The Morgan fingerprint density at radius 3 is 2.68 bits per heavy atom. The summed E-state index contributed by atoms with van der Waals surface area (Å²) in [5.41, 5.74) is -0.216. The van der Waals surface area contributed by atoms with Crippen LogP contribution in [0.3, 0.4) is 0 Å². The summed E-state index contributed by atoms with van der Waals surface area (Å²) in [6.07, 6.45) is 8.52. The van der Waals surface area contributed by atoms with Gasteiger partial charge in [-0.2, -0.15) is 5.26 Å². The van der Waals surface area contributed by atoms with E-state index in [1.807, 2.05) is 0 Å². The van der Waals surface area contributed by atoms with Crippen molar-refractivity contribution in [3.8, 4) is 6.07 Å². The van der Waals surface area contributed by atoms with E-state index in [1.54, 1.807) is 0 Å². The predicted molar refractivity (Wildman–Crippen MR) is 76.7 cm³/mol. The molecule has 4 unspecified atom stereocenters. The zero-order chi connectivity index (χ0) is 13.5. The van der Waals surface area contributed by atoms with Gasteiger partial charge in [0.25, 0.3) is 0 Å². The summed E-state index contributed by atoms with van der Waals surface area (Å²) in [5, 5.41) is 13.2. The second-order valence-corrected chi connectivity index (χ2v) is 7.11. The van der Waals surface area contributed by atoms with Crippen molar-refractivity contribution >= 4 is 0 Å². The minimum atomic E-state index is -0.216. The van der Waals surface area contributed by atoms with Gasteiger partial charge < -0.3 is 0 Å². The number of hydrogen-bond donors (Lipinski definition) is 1. The molecule has 0 bridgehead atoms. The van der Waals surface area contributed by atoms with Gasteiger partial charge in [0.2, 0.25) is 0 Å². The molecule has 0 aromatic rings. The Bertz CT molecular complexity index is 371. The quantitative estimate of drug-likeness (QED) is 0.849. The first-order valence-electron chi connectivity index (χ1n) is 8.08. The molecule has 1 N–H and O–H groups in total. The first-order chi connectivity index (χ1) is 9.13. The molecule has 1 heterocycles. The maximum Gasteiger partial charge on any atom is 0.108 e. The van der Waals surface area contributed by atoms with Crippen molar-refractivity contribution in [3.63, 3.8) is 0 Å². The Kier molecular flexibility index (Phi) is 3.57. The molecule has 0 aromatic heterocycles. The molecule has 3 rings (SSSR count). The standard InChI is InChI=1S/C16H27N3/c1-12-4-3-9-19(13(12)2)15-7-8-16(10-15,11-17)18-14-5-6-14/h12-15,18H,3-10H2,1-2H3. The largest absolute Gasteiger partial charge is 0.297 e. The molecule has 3 fully saturated rings. The molecule has 4 atom stereocenters. The van der Waals surface area contributed by atoms with Gasteiger partial charge in [-0.15, -0.1) is 0 Å². The van der Waals surface area contributed by atoms with Crippen LogP contribution in [0.5, 0.6) is 0 Å². The maximum atomic E-state index is 9.60. The Balaban J connectivity index is 1.65. The van der Waals surface area contributed by atoms with Gasteiger partial charge in [-0.1, -0.05) is 6.92 Å². The van der Waals surface area contributed by atoms with Crippen molar-refractivity contribution in [2.45, 2.75) is 82.5 Å². The highest BCUT2D eigenvalue weighted by Gasteiger charge is 2.45. The number of nitriles is 1. The molecule has 1 saturated heterocycles. The summed E-state index contributed by atoms with van der Waals surface area (Å²) in [5.74, 6) is 0.808. The summed E-state index contributed by atoms with van der Waals surface area (Å²) in [6.45, 7) is 6.00. The van der Waals surface area contributed by atoms with Crippen LogP contribution in [0.25, 0.3) is 0 Å². The van der Waals surface area contributed by atoms with E-state index in [9.17, 15) is 5.26 Å². The Morgan fingerprint density at radius 1 is 1.21 bits per heavy atom. The summed E-state index contributed by atoms with van der Waals surface area (Å²) in [7, 11) is 0. The molecule has 0 radical (unpaired) electrons. The number of nitrogens with zero attached hydrogens (tertiary/aromatic N) is 2. The van der Waals surface area contributed by atoms with E-state index in [4.69, 9.17) is 0 Å². The van der Waals surface area contributed by atoms with Crippen LogP contribution in [0.2, 0.25) is 0 Å². The van der Waals surface area contributed by atoms with E-state index in [0.29, 0.717) is 18.1 Å². The number of hydrogen-bond acceptors (Lipinski definition) is 3. The lowest BCUT2D eigenvalue weighted by Crippen LogP contribution is -2.50. The highest BCUT2D eigenvalue weighted by atomic mass is 15.2. The summed E-state index contributed by atoms with van der Waals surface area (Å²) in [6, 6.07) is 4.56. The van der Waals surface area contributed by atoms with Crippen molar-refractivity contribution in [2.24, 2.45) is 5.92 Å². The second kappa shape index (κ2) is 5.07. The third kappa shape index (κ3) is 2.66. The summed E-state index contributed by atoms with van der Waals surface area (Å²) < 4.78 is 0. The molecule has 19 heavy (non-hydrogen) atoms. The number of nitrogens with one attached hydrogen (secondary N) is 1. The molecule has 3 nitrogen and oxygen atoms in total. The lowest BCUT2D eigenvalue weighted by molar-refractivity contribution is 0.0682. The van der Waals surface area contributed by atoms with Gasteiger partial charge in [-0.3, -0.25) is 10.2 Å². The van der Waals surface area contributed by atoms with Gasteiger partial charge in [0.05, 0.1) is 6.07 Å². The predicted octanol–water partition coefficient (Wildman–Crippen LogP) is 2.67. The van der Waals surface area contributed by atoms with Crippen LogP contribution >= 0.6 is 0 Å². The SMILES string of the molecule is CC1CCCN(C2CCC(C#N)(NC3CC3)C2)C1C. The first kappa shape index (κ1) is 13.4. The fraction of sp³-hybridized carbons (Fsp3) is 0.938. The van der Waals surface area contributed by atoms with E-state index in [-0.39, 0.29) is 5.54 Å². The van der Waals surface area contributed by atoms with Crippen molar-refractivity contribution in [3.05, 3.63) is 0 Å². The van der Waals surface area contributed by atoms with Crippen molar-refractivity contribution in [1.82, 2.24) is 10.2 Å². The number of likely N-dealkylation sites (tertiary alicyclic amines) is 1. The molecule has 1 aliphatic heterocycles. The van der Waals surface area contributed by atoms with Crippen LogP contribution in [0.4, 0.5) is 0 Å². The van der Waals surface area contributed by atoms with Gasteiger partial charge in [0.1, 0.15) is 5.54 Å². The third-order valence-corrected chi connectivity index (χ3v) is 5.65. The van der Waals surface area contributed by atoms with Crippen LogP contribution in [0, 0.1) is 17.2 Å². The molecule has 2 saturated carbocycles. The topological polar surface area (TPSA) is 39.1 Å². The fourth-order valence-corrected chi connectivity index (χ4v) is 4.07. The highest BCUT2D eigenvalue weighted by Crippen LogP contribution is 2.38.